The SMILES string of the molecule is COC(=O)CCC(=O)NCc1ccc(-c2ncc(-c3ccc(OC)cc3)[nH]2)cc1. The van der Waals surface area contributed by atoms with Crippen molar-refractivity contribution in [2.45, 2.75) is 19.4 Å². The summed E-state index contributed by atoms with van der Waals surface area (Å²) >= 11 is 0. The molecule has 1 heterocycles. The molecule has 0 spiro atoms. The fourth-order valence-corrected chi connectivity index (χ4v) is 2.77. The summed E-state index contributed by atoms with van der Waals surface area (Å²) in [5, 5.41) is 2.79. The summed E-state index contributed by atoms with van der Waals surface area (Å²) in [6, 6.07) is 15.5. The monoisotopic (exact) mass is 393 g/mol. The highest BCUT2D eigenvalue weighted by atomic mass is 16.5. The molecule has 0 saturated heterocycles. The van der Waals surface area contributed by atoms with Gasteiger partial charge in [-0.1, -0.05) is 24.3 Å². The molecule has 0 bridgehead atoms. The molecule has 0 aliphatic rings. The van der Waals surface area contributed by atoms with E-state index in [0.717, 1.165) is 34.0 Å². The van der Waals surface area contributed by atoms with Gasteiger partial charge in [0, 0.05) is 18.5 Å². The van der Waals surface area contributed by atoms with Crippen LogP contribution in [-0.4, -0.2) is 36.1 Å². The molecule has 150 valence electrons. The van der Waals surface area contributed by atoms with Crippen molar-refractivity contribution in [3.05, 3.63) is 60.3 Å². The molecule has 3 aromatic rings. The Kier molecular flexibility index (Phi) is 6.63. The van der Waals surface area contributed by atoms with E-state index in [1.165, 1.54) is 7.11 Å². The van der Waals surface area contributed by atoms with Crippen LogP contribution in [0.25, 0.3) is 22.6 Å². The average Bonchev–Trinajstić information content (AvgIpc) is 3.26. The Labute approximate surface area is 169 Å². The summed E-state index contributed by atoms with van der Waals surface area (Å²) in [6.45, 7) is 0.398. The zero-order chi connectivity index (χ0) is 20.6. The zero-order valence-electron chi connectivity index (χ0n) is 16.4. The first-order chi connectivity index (χ1) is 14.1. The Bertz CT molecular complexity index is 962. The molecule has 1 aromatic heterocycles. The number of esters is 1. The van der Waals surface area contributed by atoms with Gasteiger partial charge in [-0.15, -0.1) is 0 Å². The molecule has 1 amide bonds. The Balaban J connectivity index is 1.58. The number of H-pyrrole nitrogens is 1. The lowest BCUT2D eigenvalue weighted by atomic mass is 10.1. The zero-order valence-corrected chi connectivity index (χ0v) is 16.4. The molecule has 7 nitrogen and oxygen atoms in total. The number of aromatic amines is 1. The summed E-state index contributed by atoms with van der Waals surface area (Å²) in [6.07, 6.45) is 1.99. The smallest absolute Gasteiger partial charge is 0.306 e. The van der Waals surface area contributed by atoms with E-state index in [9.17, 15) is 9.59 Å². The van der Waals surface area contributed by atoms with E-state index in [4.69, 9.17) is 4.74 Å². The third-order valence-electron chi connectivity index (χ3n) is 4.48. The second kappa shape index (κ2) is 9.54. The topological polar surface area (TPSA) is 93.3 Å². The molecule has 3 rings (SSSR count). The van der Waals surface area contributed by atoms with Crippen molar-refractivity contribution in [3.63, 3.8) is 0 Å². The van der Waals surface area contributed by atoms with Crippen LogP contribution in [0.2, 0.25) is 0 Å². The van der Waals surface area contributed by atoms with Crippen LogP contribution in [0.1, 0.15) is 18.4 Å². The van der Waals surface area contributed by atoms with Gasteiger partial charge in [-0.05, 0) is 35.4 Å². The van der Waals surface area contributed by atoms with Gasteiger partial charge in [0.1, 0.15) is 11.6 Å². The standard InChI is InChI=1S/C22H23N3O4/c1-28-18-9-7-16(8-10-18)19-14-24-22(25-19)17-5-3-15(4-6-17)13-23-20(26)11-12-21(27)29-2/h3-10,14H,11-13H2,1-2H3,(H,23,26)(H,24,25). The number of rotatable bonds is 8. The highest BCUT2D eigenvalue weighted by Gasteiger charge is 2.08. The predicted octanol–water partition coefficient (Wildman–Crippen LogP) is 3.32. The Morgan fingerprint density at radius 1 is 0.966 bits per heavy atom. The number of nitrogens with zero attached hydrogens (tertiary/aromatic N) is 1. The van der Waals surface area contributed by atoms with Gasteiger partial charge >= 0.3 is 5.97 Å². The van der Waals surface area contributed by atoms with Crippen molar-refractivity contribution >= 4 is 11.9 Å². The van der Waals surface area contributed by atoms with Crippen molar-refractivity contribution in [1.82, 2.24) is 15.3 Å². The lowest BCUT2D eigenvalue weighted by Crippen LogP contribution is -2.23. The van der Waals surface area contributed by atoms with Crippen LogP contribution in [0, 0.1) is 0 Å². The Morgan fingerprint density at radius 3 is 2.31 bits per heavy atom. The third-order valence-corrected chi connectivity index (χ3v) is 4.48. The van der Waals surface area contributed by atoms with Gasteiger partial charge in [-0.25, -0.2) is 4.98 Å². The number of ether oxygens (including phenoxy) is 2. The number of amides is 1. The van der Waals surface area contributed by atoms with Crippen molar-refractivity contribution in [2.75, 3.05) is 14.2 Å². The van der Waals surface area contributed by atoms with Crippen molar-refractivity contribution in [1.29, 1.82) is 0 Å². The number of nitrogens with one attached hydrogen (secondary N) is 2. The third kappa shape index (κ3) is 5.44. The molecule has 7 heteroatoms. The summed E-state index contributed by atoms with van der Waals surface area (Å²) in [5.74, 6) is 0.998. The minimum atomic E-state index is -0.392. The van der Waals surface area contributed by atoms with Crippen molar-refractivity contribution < 1.29 is 19.1 Å². The number of aromatic nitrogens is 2. The number of methoxy groups -OCH3 is 2. The predicted molar refractivity (Wildman–Crippen MR) is 109 cm³/mol. The maximum atomic E-state index is 11.8. The first-order valence-corrected chi connectivity index (χ1v) is 9.21. The molecule has 0 aliphatic carbocycles. The molecule has 0 aliphatic heterocycles. The average molecular weight is 393 g/mol. The molecular formula is C22H23N3O4. The number of hydrogen-bond acceptors (Lipinski definition) is 5. The Hall–Kier alpha value is -3.61. The van der Waals surface area contributed by atoms with E-state index in [0.29, 0.717) is 6.54 Å². The number of carbonyl (C=O) groups excluding carboxylic acids is 2. The van der Waals surface area contributed by atoms with Gasteiger partial charge < -0.3 is 19.8 Å². The number of imidazole rings is 1. The lowest BCUT2D eigenvalue weighted by molar-refractivity contribution is -0.142. The molecule has 0 saturated carbocycles. The van der Waals surface area contributed by atoms with Gasteiger partial charge in [-0.3, -0.25) is 9.59 Å². The van der Waals surface area contributed by atoms with Crippen LogP contribution in [0.3, 0.4) is 0 Å². The van der Waals surface area contributed by atoms with Crippen LogP contribution < -0.4 is 10.1 Å². The van der Waals surface area contributed by atoms with Gasteiger partial charge in [0.05, 0.1) is 32.5 Å². The van der Waals surface area contributed by atoms with Gasteiger partial charge in [0.15, 0.2) is 0 Å². The fourth-order valence-electron chi connectivity index (χ4n) is 2.77. The maximum Gasteiger partial charge on any atom is 0.306 e. The van der Waals surface area contributed by atoms with E-state index in [-0.39, 0.29) is 18.7 Å². The normalized spacial score (nSPS) is 10.4. The number of hydrogen-bond donors (Lipinski definition) is 2. The highest BCUT2D eigenvalue weighted by molar-refractivity contribution is 5.81. The second-order valence-corrected chi connectivity index (χ2v) is 6.42. The van der Waals surface area contributed by atoms with E-state index in [1.807, 2.05) is 48.5 Å². The second-order valence-electron chi connectivity index (χ2n) is 6.42. The molecule has 2 N–H and O–H groups in total. The molecule has 2 aromatic carbocycles. The first kappa shape index (κ1) is 20.1. The van der Waals surface area contributed by atoms with Crippen molar-refractivity contribution in [2.24, 2.45) is 0 Å². The van der Waals surface area contributed by atoms with Crippen LogP contribution >= 0.6 is 0 Å². The quantitative estimate of drug-likeness (QED) is 0.573. The highest BCUT2D eigenvalue weighted by Crippen LogP contribution is 2.24. The number of benzene rings is 2. The van der Waals surface area contributed by atoms with E-state index in [2.05, 4.69) is 20.0 Å². The first-order valence-electron chi connectivity index (χ1n) is 9.21. The number of carbonyl (C=O) groups is 2. The molecule has 0 unspecified atom stereocenters. The molecule has 0 fully saturated rings. The van der Waals surface area contributed by atoms with Gasteiger partial charge in [-0.2, -0.15) is 0 Å². The summed E-state index contributed by atoms with van der Waals surface area (Å²) in [7, 11) is 2.95. The lowest BCUT2D eigenvalue weighted by Gasteiger charge is -2.06. The molecule has 29 heavy (non-hydrogen) atoms. The summed E-state index contributed by atoms with van der Waals surface area (Å²) < 4.78 is 9.71. The minimum Gasteiger partial charge on any atom is -0.497 e. The largest absolute Gasteiger partial charge is 0.497 e. The molecule has 0 atom stereocenters. The molecule has 0 radical (unpaired) electrons. The van der Waals surface area contributed by atoms with Crippen molar-refractivity contribution in [3.8, 4) is 28.4 Å². The van der Waals surface area contributed by atoms with E-state index in [1.54, 1.807) is 13.3 Å². The summed E-state index contributed by atoms with van der Waals surface area (Å²) in [5.41, 5.74) is 3.85. The van der Waals surface area contributed by atoms with Gasteiger partial charge in [0.25, 0.3) is 0 Å². The van der Waals surface area contributed by atoms with E-state index < -0.39 is 5.97 Å². The molecular weight excluding hydrogens is 370 g/mol. The van der Waals surface area contributed by atoms with Gasteiger partial charge in [0.2, 0.25) is 5.91 Å². The summed E-state index contributed by atoms with van der Waals surface area (Å²) in [4.78, 5) is 30.6. The maximum absolute atomic E-state index is 11.8. The van der Waals surface area contributed by atoms with Crippen LogP contribution in [0.15, 0.2) is 54.7 Å². The van der Waals surface area contributed by atoms with E-state index >= 15 is 0 Å². The van der Waals surface area contributed by atoms with Crippen LogP contribution in [-0.2, 0) is 20.9 Å². The Morgan fingerprint density at radius 2 is 1.66 bits per heavy atom. The fraction of sp³-hybridized carbons (Fsp3) is 0.227. The van der Waals surface area contributed by atoms with Crippen LogP contribution in [0.4, 0.5) is 0 Å². The van der Waals surface area contributed by atoms with Crippen LogP contribution in [0.5, 0.6) is 5.75 Å². The minimum absolute atomic E-state index is 0.0797.